The molecule has 0 amide bonds. The van der Waals surface area contributed by atoms with E-state index in [9.17, 15) is 5.11 Å². The summed E-state index contributed by atoms with van der Waals surface area (Å²) in [5.41, 5.74) is 27.1. The van der Waals surface area contributed by atoms with Crippen LogP contribution in [0.1, 0.15) is 39.8 Å². The fraction of sp³-hybridized carbons (Fsp3) is 0.200. The van der Waals surface area contributed by atoms with Crippen LogP contribution in [0.25, 0.3) is 32.7 Å². The number of aromatic amines is 3. The summed E-state index contributed by atoms with van der Waals surface area (Å²) in [4.78, 5) is 10.4. The van der Waals surface area contributed by atoms with E-state index in [1.165, 1.54) is 0 Å². The van der Waals surface area contributed by atoms with E-state index >= 15 is 0 Å². The predicted octanol–water partition coefficient (Wildman–Crippen LogP) is 6.04. The van der Waals surface area contributed by atoms with Crippen molar-refractivity contribution in [1.82, 2.24) is 15.0 Å². The minimum absolute atomic E-state index is 0.0920. The molecule has 0 radical (unpaired) electrons. The zero-order valence-corrected chi connectivity index (χ0v) is 24.4. The number of fused-ring (bicyclic) bond motifs is 3. The lowest BCUT2D eigenvalue weighted by atomic mass is 9.85. The van der Waals surface area contributed by atoms with Crippen LogP contribution in [0.3, 0.4) is 0 Å². The van der Waals surface area contributed by atoms with Crippen LogP contribution in [-0.4, -0.2) is 39.7 Å². The van der Waals surface area contributed by atoms with Crippen molar-refractivity contribution in [3.05, 3.63) is 97.8 Å². The summed E-state index contributed by atoms with van der Waals surface area (Å²) in [7, 11) is 0. The zero-order valence-electron chi connectivity index (χ0n) is 21.2. The summed E-state index contributed by atoms with van der Waals surface area (Å²) in [5.74, 6) is -0.106. The Kier molecular flexibility index (Phi) is 7.03. The first-order chi connectivity index (χ1) is 18.9. The molecule has 200 valence electrons. The van der Waals surface area contributed by atoms with Crippen LogP contribution in [0.2, 0.25) is 0 Å². The number of aromatic hydroxyl groups is 1. The fourth-order valence-corrected chi connectivity index (χ4v) is 6.79. The lowest BCUT2D eigenvalue weighted by molar-refractivity contribution is 0.466. The molecular weight excluding hydrogens is 620 g/mol. The molecule has 0 saturated heterocycles. The minimum atomic E-state index is -0.231. The summed E-state index contributed by atoms with van der Waals surface area (Å²) in [6.07, 6.45) is 4.67. The van der Waals surface area contributed by atoms with Gasteiger partial charge in [0.05, 0.1) is 0 Å². The molecule has 0 spiro atoms. The van der Waals surface area contributed by atoms with Gasteiger partial charge >= 0.3 is 0 Å². The van der Waals surface area contributed by atoms with E-state index in [1.54, 1.807) is 6.07 Å². The molecule has 6 rings (SSSR count). The summed E-state index contributed by atoms with van der Waals surface area (Å²) in [6.45, 7) is 1.20. The van der Waals surface area contributed by atoms with Crippen molar-refractivity contribution < 1.29 is 5.11 Å². The van der Waals surface area contributed by atoms with Gasteiger partial charge < -0.3 is 37.3 Å². The molecule has 39 heavy (non-hydrogen) atoms. The van der Waals surface area contributed by atoms with Crippen molar-refractivity contribution >= 4 is 64.6 Å². The normalized spacial score (nSPS) is 13.6. The van der Waals surface area contributed by atoms with Crippen LogP contribution in [-0.2, 0) is 6.42 Å². The zero-order chi connectivity index (χ0) is 27.3. The maximum atomic E-state index is 11.3. The Morgan fingerprint density at radius 2 is 1.33 bits per heavy atom. The third kappa shape index (κ3) is 4.38. The maximum absolute atomic E-state index is 11.3. The Morgan fingerprint density at radius 3 is 1.90 bits per heavy atom. The lowest BCUT2D eigenvalue weighted by Crippen LogP contribution is -2.17. The average molecular weight is 650 g/mol. The van der Waals surface area contributed by atoms with Crippen LogP contribution in [0, 0.1) is 0 Å². The highest BCUT2D eigenvalue weighted by atomic mass is 79.9. The number of nitrogens with two attached hydrogens (primary N) is 3. The number of halogens is 2. The number of hydrogen-bond acceptors (Lipinski definition) is 4. The van der Waals surface area contributed by atoms with Gasteiger partial charge in [-0.3, -0.25) is 0 Å². The number of phenols is 1. The van der Waals surface area contributed by atoms with Crippen LogP contribution in [0.15, 0.2) is 69.9 Å². The topological polar surface area (TPSA) is 146 Å². The first-order valence-corrected chi connectivity index (χ1v) is 14.5. The molecular formula is C30H30Br2N6O. The second-order valence-corrected chi connectivity index (χ2v) is 11.8. The Balaban J connectivity index is 1.58. The number of hydrogen-bond donors (Lipinski definition) is 7. The lowest BCUT2D eigenvalue weighted by Gasteiger charge is -2.20. The van der Waals surface area contributed by atoms with E-state index < -0.39 is 0 Å². The smallest absolute Gasteiger partial charge is 0.120 e. The van der Waals surface area contributed by atoms with Gasteiger partial charge in [0.15, 0.2) is 0 Å². The van der Waals surface area contributed by atoms with Crippen LogP contribution in [0.5, 0.6) is 5.75 Å². The van der Waals surface area contributed by atoms with E-state index in [0.717, 1.165) is 69.6 Å². The van der Waals surface area contributed by atoms with E-state index in [2.05, 4.69) is 65.0 Å². The number of benzene rings is 3. The molecule has 0 fully saturated rings. The van der Waals surface area contributed by atoms with Gasteiger partial charge in [0.2, 0.25) is 0 Å². The first-order valence-electron chi connectivity index (χ1n) is 12.9. The molecule has 2 atom stereocenters. The van der Waals surface area contributed by atoms with Gasteiger partial charge in [-0.05, 0) is 66.1 Å². The minimum Gasteiger partial charge on any atom is -0.508 e. The van der Waals surface area contributed by atoms with Gasteiger partial charge in [0, 0.05) is 90.2 Å². The fourth-order valence-electron chi connectivity index (χ4n) is 6.07. The standard InChI is InChI=1S/C30H30Br2N6O/c31-15-1-3-17-22(13-36-25(17)9-15)20(11-34)29-27(39)6-5-24-28(29)19(7-8-33)30(38-24)21(12-35)23-14-37-26-10-16(32)2-4-18(23)26/h1-6,9-10,13-14,20-21,36-39H,7-8,11-12,33-35H2/t20-,21+/m1/s1. The summed E-state index contributed by atoms with van der Waals surface area (Å²) >= 11 is 7.12. The number of aromatic nitrogens is 3. The van der Waals surface area contributed by atoms with Crippen molar-refractivity contribution in [2.75, 3.05) is 19.6 Å². The molecule has 9 heteroatoms. The van der Waals surface area contributed by atoms with E-state index in [1.807, 2.05) is 36.7 Å². The van der Waals surface area contributed by atoms with Gasteiger partial charge in [0.1, 0.15) is 5.75 Å². The second kappa shape index (κ2) is 10.5. The molecule has 3 aromatic heterocycles. The highest BCUT2D eigenvalue weighted by Crippen LogP contribution is 2.44. The summed E-state index contributed by atoms with van der Waals surface area (Å²) in [5, 5.41) is 14.5. The van der Waals surface area contributed by atoms with Crippen LogP contribution in [0.4, 0.5) is 0 Å². The number of phenolic OH excluding ortho intramolecular Hbond substituents is 1. The van der Waals surface area contributed by atoms with Crippen LogP contribution < -0.4 is 17.2 Å². The van der Waals surface area contributed by atoms with E-state index in [0.29, 0.717) is 26.1 Å². The van der Waals surface area contributed by atoms with Crippen molar-refractivity contribution in [1.29, 1.82) is 0 Å². The largest absolute Gasteiger partial charge is 0.508 e. The highest BCUT2D eigenvalue weighted by Gasteiger charge is 2.29. The predicted molar refractivity (Wildman–Crippen MR) is 167 cm³/mol. The van der Waals surface area contributed by atoms with Crippen molar-refractivity contribution in [2.45, 2.75) is 18.3 Å². The number of nitrogens with one attached hydrogen (secondary N) is 3. The summed E-state index contributed by atoms with van der Waals surface area (Å²) < 4.78 is 2.01. The monoisotopic (exact) mass is 648 g/mol. The third-order valence-electron chi connectivity index (χ3n) is 7.78. The Morgan fingerprint density at radius 1 is 0.744 bits per heavy atom. The Labute approximate surface area is 242 Å². The first kappa shape index (κ1) is 26.2. The molecule has 6 aromatic rings. The second-order valence-electron chi connectivity index (χ2n) is 9.92. The summed E-state index contributed by atoms with van der Waals surface area (Å²) in [6, 6.07) is 16.0. The molecule has 3 heterocycles. The maximum Gasteiger partial charge on any atom is 0.120 e. The number of H-pyrrole nitrogens is 3. The molecule has 0 saturated carbocycles. The van der Waals surface area contributed by atoms with Crippen molar-refractivity contribution in [3.63, 3.8) is 0 Å². The molecule has 0 bridgehead atoms. The molecule has 7 nitrogen and oxygen atoms in total. The molecule has 0 aliphatic carbocycles. The van der Waals surface area contributed by atoms with Crippen molar-refractivity contribution in [2.24, 2.45) is 17.2 Å². The van der Waals surface area contributed by atoms with Crippen molar-refractivity contribution in [3.8, 4) is 5.75 Å². The van der Waals surface area contributed by atoms with Gasteiger partial charge in [0.25, 0.3) is 0 Å². The number of rotatable bonds is 8. The molecule has 0 aliphatic rings. The quantitative estimate of drug-likeness (QED) is 0.108. The van der Waals surface area contributed by atoms with E-state index in [4.69, 9.17) is 17.2 Å². The Hall–Kier alpha value is -3.08. The van der Waals surface area contributed by atoms with Crippen LogP contribution >= 0.6 is 31.9 Å². The van der Waals surface area contributed by atoms with E-state index in [-0.39, 0.29) is 17.6 Å². The third-order valence-corrected chi connectivity index (χ3v) is 8.77. The molecule has 0 aliphatic heterocycles. The van der Waals surface area contributed by atoms with Gasteiger partial charge in [-0.1, -0.05) is 44.0 Å². The highest BCUT2D eigenvalue weighted by molar-refractivity contribution is 9.10. The average Bonchev–Trinajstić information content (AvgIpc) is 3.63. The Bertz CT molecular complexity index is 1820. The SMILES string of the molecule is NCCc1c([C@@H](CN)c2c[nH]c3cc(Br)ccc23)[nH]c2ccc(O)c([C@H](CN)c3c[nH]c4cc(Br)ccc34)c12. The molecule has 0 unspecified atom stereocenters. The molecule has 3 aromatic carbocycles. The van der Waals surface area contributed by atoms with Gasteiger partial charge in [-0.25, -0.2) is 0 Å². The van der Waals surface area contributed by atoms with Gasteiger partial charge in [-0.2, -0.15) is 0 Å². The van der Waals surface area contributed by atoms with Gasteiger partial charge in [-0.15, -0.1) is 0 Å². The molecule has 10 N–H and O–H groups in total.